The van der Waals surface area contributed by atoms with Crippen LogP contribution in [0.15, 0.2) is 79.0 Å². The Hall–Kier alpha value is -3.95. The quantitative estimate of drug-likeness (QED) is 0.619. The summed E-state index contributed by atoms with van der Waals surface area (Å²) in [5, 5.41) is 10.00. The molecule has 0 saturated carbocycles. The van der Waals surface area contributed by atoms with Crippen LogP contribution in [0.2, 0.25) is 0 Å². The van der Waals surface area contributed by atoms with Gasteiger partial charge in [0.2, 0.25) is 5.91 Å². The second-order valence-electron chi connectivity index (χ2n) is 8.63. The standard InChI is InChI=1S/C28H25N3O3/c32-19-25-27(22-14-12-21(13-15-22)10-6-9-20-7-2-1-3-8-20)24-17-30(18-26(33)31(24)25)28(34)23-11-4-5-16-29-23/h1-5,7-8,11-16,24-25,27,32H,9,17-19H2/t24-,25+,27+/m0/s1. The molecule has 2 saturated heterocycles. The predicted molar refractivity (Wildman–Crippen MR) is 128 cm³/mol. The van der Waals surface area contributed by atoms with E-state index >= 15 is 0 Å². The Balaban J connectivity index is 1.31. The van der Waals surface area contributed by atoms with E-state index in [0.29, 0.717) is 18.7 Å². The summed E-state index contributed by atoms with van der Waals surface area (Å²) < 4.78 is 0. The number of carbonyl (C=O) groups excluding carboxylic acids is 2. The van der Waals surface area contributed by atoms with Crippen LogP contribution >= 0.6 is 0 Å². The molecule has 34 heavy (non-hydrogen) atoms. The van der Waals surface area contributed by atoms with Gasteiger partial charge in [-0.15, -0.1) is 0 Å². The van der Waals surface area contributed by atoms with Crippen molar-refractivity contribution in [1.82, 2.24) is 14.8 Å². The van der Waals surface area contributed by atoms with E-state index < -0.39 is 0 Å². The lowest BCUT2D eigenvalue weighted by atomic mass is 9.73. The zero-order valence-corrected chi connectivity index (χ0v) is 18.7. The third-order valence-corrected chi connectivity index (χ3v) is 6.59. The molecule has 0 bridgehead atoms. The molecule has 2 aliphatic heterocycles. The molecule has 0 spiro atoms. The van der Waals surface area contributed by atoms with Gasteiger partial charge in [0.1, 0.15) is 12.2 Å². The van der Waals surface area contributed by atoms with Crippen LogP contribution in [0.25, 0.3) is 0 Å². The molecule has 1 aromatic heterocycles. The van der Waals surface area contributed by atoms with Crippen LogP contribution in [0.5, 0.6) is 0 Å². The first kappa shape index (κ1) is 21.9. The van der Waals surface area contributed by atoms with E-state index in [4.69, 9.17) is 0 Å². The molecule has 5 rings (SSSR count). The molecule has 2 aliphatic rings. The molecule has 1 N–H and O–H groups in total. The van der Waals surface area contributed by atoms with Crippen molar-refractivity contribution in [2.24, 2.45) is 0 Å². The van der Waals surface area contributed by atoms with E-state index in [2.05, 4.69) is 29.0 Å². The average Bonchev–Trinajstić information content (AvgIpc) is 2.87. The van der Waals surface area contributed by atoms with Gasteiger partial charge in [0.15, 0.2) is 0 Å². The summed E-state index contributed by atoms with van der Waals surface area (Å²) in [7, 11) is 0. The van der Waals surface area contributed by atoms with Crippen molar-refractivity contribution in [3.8, 4) is 11.8 Å². The monoisotopic (exact) mass is 451 g/mol. The average molecular weight is 452 g/mol. The number of aliphatic hydroxyl groups is 1. The van der Waals surface area contributed by atoms with Crippen molar-refractivity contribution in [1.29, 1.82) is 0 Å². The zero-order chi connectivity index (χ0) is 23.5. The third-order valence-electron chi connectivity index (χ3n) is 6.59. The van der Waals surface area contributed by atoms with Gasteiger partial charge in [-0.05, 0) is 35.4 Å². The molecule has 170 valence electrons. The smallest absolute Gasteiger partial charge is 0.272 e. The number of piperazine rings is 1. The van der Waals surface area contributed by atoms with Crippen LogP contribution < -0.4 is 0 Å². The molecule has 0 unspecified atom stereocenters. The summed E-state index contributed by atoms with van der Waals surface area (Å²) in [6.45, 7) is 0.311. The van der Waals surface area contributed by atoms with Gasteiger partial charge in [-0.1, -0.05) is 60.4 Å². The third kappa shape index (κ3) is 4.18. The number of nitrogens with zero attached hydrogens (tertiary/aromatic N) is 3. The van der Waals surface area contributed by atoms with E-state index in [0.717, 1.165) is 11.1 Å². The number of pyridine rings is 1. The first-order valence-corrected chi connectivity index (χ1v) is 11.4. The van der Waals surface area contributed by atoms with Gasteiger partial charge in [0.05, 0.1) is 18.7 Å². The summed E-state index contributed by atoms with van der Waals surface area (Å²) in [6, 6.07) is 22.8. The van der Waals surface area contributed by atoms with Crippen LogP contribution in [-0.2, 0) is 11.2 Å². The number of aliphatic hydroxyl groups excluding tert-OH is 1. The number of hydrogen-bond donors (Lipinski definition) is 1. The highest BCUT2D eigenvalue weighted by Crippen LogP contribution is 2.43. The van der Waals surface area contributed by atoms with Gasteiger partial charge in [-0.2, -0.15) is 0 Å². The van der Waals surface area contributed by atoms with E-state index in [-0.39, 0.29) is 43.0 Å². The normalized spacial score (nSPS) is 21.2. The van der Waals surface area contributed by atoms with Crippen molar-refractivity contribution in [3.05, 3.63) is 101 Å². The number of rotatable bonds is 4. The minimum Gasteiger partial charge on any atom is -0.394 e. The molecular formula is C28H25N3O3. The van der Waals surface area contributed by atoms with Crippen LogP contribution in [0.1, 0.15) is 33.1 Å². The second-order valence-corrected chi connectivity index (χ2v) is 8.63. The highest BCUT2D eigenvalue weighted by atomic mass is 16.3. The predicted octanol–water partition coefficient (Wildman–Crippen LogP) is 2.49. The number of fused-ring (bicyclic) bond motifs is 1. The molecule has 2 fully saturated rings. The van der Waals surface area contributed by atoms with Crippen LogP contribution in [0.4, 0.5) is 0 Å². The highest BCUT2D eigenvalue weighted by Gasteiger charge is 2.54. The SMILES string of the molecule is O=C(c1ccccn1)N1CC(=O)N2[C@H](CO)[C@H](c3ccc(C#CCc4ccccc4)cc3)[C@@H]2C1. The van der Waals surface area contributed by atoms with Gasteiger partial charge < -0.3 is 14.9 Å². The second kappa shape index (κ2) is 9.50. The maximum absolute atomic E-state index is 12.9. The molecule has 3 heterocycles. The van der Waals surface area contributed by atoms with Crippen molar-refractivity contribution >= 4 is 11.8 Å². The Kier molecular flexibility index (Phi) is 6.11. The summed E-state index contributed by atoms with van der Waals surface area (Å²) in [4.78, 5) is 33.1. The van der Waals surface area contributed by atoms with E-state index in [1.54, 1.807) is 34.2 Å². The lowest BCUT2D eigenvalue weighted by molar-refractivity contribution is -0.159. The summed E-state index contributed by atoms with van der Waals surface area (Å²) in [5.41, 5.74) is 3.47. The number of carbonyl (C=O) groups is 2. The molecule has 0 radical (unpaired) electrons. The molecule has 2 aromatic carbocycles. The molecule has 6 nitrogen and oxygen atoms in total. The zero-order valence-electron chi connectivity index (χ0n) is 18.7. The van der Waals surface area contributed by atoms with Gasteiger partial charge >= 0.3 is 0 Å². The fraction of sp³-hybridized carbons (Fsp3) is 0.250. The summed E-state index contributed by atoms with van der Waals surface area (Å²) >= 11 is 0. The van der Waals surface area contributed by atoms with Crippen LogP contribution in [0.3, 0.4) is 0 Å². The summed E-state index contributed by atoms with van der Waals surface area (Å²) in [6.07, 6.45) is 2.26. The Morgan fingerprint density at radius 1 is 1.03 bits per heavy atom. The van der Waals surface area contributed by atoms with Gasteiger partial charge in [-0.3, -0.25) is 14.6 Å². The highest BCUT2D eigenvalue weighted by molar-refractivity contribution is 5.96. The van der Waals surface area contributed by atoms with Crippen molar-refractivity contribution in [2.45, 2.75) is 24.4 Å². The van der Waals surface area contributed by atoms with Gasteiger partial charge in [-0.25, -0.2) is 0 Å². The topological polar surface area (TPSA) is 73.7 Å². The molecule has 6 heteroatoms. The van der Waals surface area contributed by atoms with E-state index in [1.165, 1.54) is 5.56 Å². The van der Waals surface area contributed by atoms with E-state index in [9.17, 15) is 14.7 Å². The molecule has 0 aliphatic carbocycles. The Labute approximate surface area is 198 Å². The fourth-order valence-corrected chi connectivity index (χ4v) is 4.94. The summed E-state index contributed by atoms with van der Waals surface area (Å²) in [5.74, 6) is 5.98. The van der Waals surface area contributed by atoms with Crippen LogP contribution in [0, 0.1) is 11.8 Å². The number of aromatic nitrogens is 1. The molecule has 3 atom stereocenters. The Morgan fingerprint density at radius 2 is 1.79 bits per heavy atom. The number of amides is 2. The first-order valence-electron chi connectivity index (χ1n) is 11.4. The first-order chi connectivity index (χ1) is 16.7. The van der Waals surface area contributed by atoms with Crippen molar-refractivity contribution < 1.29 is 14.7 Å². The largest absolute Gasteiger partial charge is 0.394 e. The fourth-order valence-electron chi connectivity index (χ4n) is 4.94. The van der Waals surface area contributed by atoms with Gasteiger partial charge in [0, 0.05) is 30.6 Å². The van der Waals surface area contributed by atoms with E-state index in [1.807, 2.05) is 42.5 Å². The number of hydrogen-bond acceptors (Lipinski definition) is 4. The lowest BCUT2D eigenvalue weighted by Crippen LogP contribution is -2.73. The van der Waals surface area contributed by atoms with Crippen LogP contribution in [-0.4, -0.2) is 63.5 Å². The maximum Gasteiger partial charge on any atom is 0.272 e. The lowest BCUT2D eigenvalue weighted by Gasteiger charge is -2.58. The minimum atomic E-state index is -0.278. The Morgan fingerprint density at radius 3 is 2.50 bits per heavy atom. The van der Waals surface area contributed by atoms with Crippen molar-refractivity contribution in [3.63, 3.8) is 0 Å². The van der Waals surface area contributed by atoms with Crippen molar-refractivity contribution in [2.75, 3.05) is 19.7 Å². The number of benzene rings is 2. The molecule has 2 amide bonds. The molecular weight excluding hydrogens is 426 g/mol. The minimum absolute atomic E-state index is 0.00503. The Bertz CT molecular complexity index is 1230. The van der Waals surface area contributed by atoms with Gasteiger partial charge in [0.25, 0.3) is 5.91 Å². The maximum atomic E-state index is 12.9. The molecule has 3 aromatic rings.